The molecule has 9 heteroatoms. The van der Waals surface area contributed by atoms with Crippen LogP contribution in [0.3, 0.4) is 0 Å². The smallest absolute Gasteiger partial charge is 0.320 e. The van der Waals surface area contributed by atoms with Gasteiger partial charge in [0.15, 0.2) is 0 Å². The molecule has 0 aliphatic carbocycles. The number of carbonyl (C=O) groups is 1. The molecule has 1 aromatic rings. The van der Waals surface area contributed by atoms with Crippen LogP contribution in [-0.4, -0.2) is 83.6 Å². The van der Waals surface area contributed by atoms with Crippen LogP contribution in [0.5, 0.6) is 0 Å². The van der Waals surface area contributed by atoms with E-state index in [9.17, 15) is 14.9 Å². The zero-order valence-corrected chi connectivity index (χ0v) is 18.2. The number of nitro groups is 1. The van der Waals surface area contributed by atoms with Crippen LogP contribution in [0.1, 0.15) is 33.6 Å². The normalized spacial score (nSPS) is 19.6. The topological polar surface area (TPSA) is 92.0 Å². The molecular formula is C21H33N5O4. The minimum Gasteiger partial charge on any atom is -0.459 e. The molecule has 0 spiro atoms. The Labute approximate surface area is 178 Å². The van der Waals surface area contributed by atoms with Crippen molar-refractivity contribution < 1.29 is 14.5 Å². The van der Waals surface area contributed by atoms with Crippen LogP contribution < -0.4 is 4.90 Å². The fourth-order valence-corrected chi connectivity index (χ4v) is 4.08. The lowest BCUT2D eigenvalue weighted by Crippen LogP contribution is -2.49. The number of nitrogens with zero attached hydrogens (tertiary/aromatic N) is 5. The van der Waals surface area contributed by atoms with Gasteiger partial charge in [0, 0.05) is 38.8 Å². The summed E-state index contributed by atoms with van der Waals surface area (Å²) in [5.74, 6) is 1.32. The van der Waals surface area contributed by atoms with E-state index >= 15 is 0 Å². The molecule has 0 radical (unpaired) electrons. The average molecular weight is 420 g/mol. The second kappa shape index (κ2) is 9.70. The maximum absolute atomic E-state index is 12.0. The summed E-state index contributed by atoms with van der Waals surface area (Å²) >= 11 is 0. The number of ether oxygens (including phenoxy) is 1. The van der Waals surface area contributed by atoms with Crippen molar-refractivity contribution in [2.45, 2.75) is 39.2 Å². The van der Waals surface area contributed by atoms with E-state index in [1.165, 1.54) is 12.3 Å². The zero-order valence-electron chi connectivity index (χ0n) is 18.2. The van der Waals surface area contributed by atoms with Gasteiger partial charge in [0.1, 0.15) is 17.6 Å². The fourth-order valence-electron chi connectivity index (χ4n) is 4.08. The Morgan fingerprint density at radius 3 is 2.33 bits per heavy atom. The summed E-state index contributed by atoms with van der Waals surface area (Å²) in [6.07, 6.45) is 3.53. The number of carbonyl (C=O) groups excluding carboxylic acids is 1. The number of anilines is 1. The Kier molecular flexibility index (Phi) is 7.25. The standard InChI is InChI=1S/C21H33N5O4/c1-21(2,3)30-20(27)16-23-8-6-17(7-9-23)15-24-10-12-25(13-11-24)19-5-4-18(14-22-19)26(28)29/h4-5,14,17H,6-13,15-16H2,1-3H3. The van der Waals surface area contributed by atoms with Crippen LogP contribution in [0.4, 0.5) is 11.5 Å². The van der Waals surface area contributed by atoms with Crippen LogP contribution in [0.25, 0.3) is 0 Å². The summed E-state index contributed by atoms with van der Waals surface area (Å²) in [6.45, 7) is 12.7. The first-order chi connectivity index (χ1) is 14.2. The second-order valence-corrected chi connectivity index (χ2v) is 9.23. The predicted molar refractivity (Wildman–Crippen MR) is 115 cm³/mol. The lowest BCUT2D eigenvalue weighted by atomic mass is 9.96. The molecule has 2 aliphatic heterocycles. The first kappa shape index (κ1) is 22.4. The van der Waals surface area contributed by atoms with E-state index in [-0.39, 0.29) is 11.7 Å². The number of piperazine rings is 1. The third-order valence-corrected chi connectivity index (χ3v) is 5.64. The van der Waals surface area contributed by atoms with Crippen molar-refractivity contribution in [3.63, 3.8) is 0 Å². The van der Waals surface area contributed by atoms with Gasteiger partial charge in [0.05, 0.1) is 11.5 Å². The highest BCUT2D eigenvalue weighted by Crippen LogP contribution is 2.21. The highest BCUT2D eigenvalue weighted by Gasteiger charge is 2.26. The largest absolute Gasteiger partial charge is 0.459 e. The van der Waals surface area contributed by atoms with Gasteiger partial charge in [-0.05, 0) is 58.7 Å². The first-order valence-corrected chi connectivity index (χ1v) is 10.7. The van der Waals surface area contributed by atoms with Crippen LogP contribution in [0.15, 0.2) is 18.3 Å². The van der Waals surface area contributed by atoms with Crippen molar-refractivity contribution >= 4 is 17.5 Å². The Morgan fingerprint density at radius 1 is 1.13 bits per heavy atom. The van der Waals surface area contributed by atoms with E-state index in [1.807, 2.05) is 20.8 Å². The molecule has 2 aliphatic rings. The van der Waals surface area contributed by atoms with E-state index in [0.717, 1.165) is 64.5 Å². The third kappa shape index (κ3) is 6.63. The van der Waals surface area contributed by atoms with Crippen LogP contribution in [-0.2, 0) is 9.53 Å². The molecule has 0 atom stereocenters. The van der Waals surface area contributed by atoms with Crippen LogP contribution in [0.2, 0.25) is 0 Å². The molecule has 0 amide bonds. The molecule has 9 nitrogen and oxygen atoms in total. The molecule has 30 heavy (non-hydrogen) atoms. The summed E-state index contributed by atoms with van der Waals surface area (Å²) in [6, 6.07) is 3.24. The predicted octanol–water partition coefficient (Wildman–Crippen LogP) is 2.17. The van der Waals surface area contributed by atoms with Crippen LogP contribution >= 0.6 is 0 Å². The van der Waals surface area contributed by atoms with Gasteiger partial charge in [0.25, 0.3) is 5.69 Å². The van der Waals surface area contributed by atoms with E-state index < -0.39 is 10.5 Å². The summed E-state index contributed by atoms with van der Waals surface area (Å²) in [7, 11) is 0. The number of pyridine rings is 1. The maximum Gasteiger partial charge on any atom is 0.320 e. The van der Waals surface area contributed by atoms with Crippen molar-refractivity contribution in [3.8, 4) is 0 Å². The average Bonchev–Trinajstić information content (AvgIpc) is 2.69. The minimum atomic E-state index is -0.429. The van der Waals surface area contributed by atoms with Gasteiger partial charge in [-0.15, -0.1) is 0 Å². The van der Waals surface area contributed by atoms with Gasteiger partial charge in [-0.3, -0.25) is 24.7 Å². The van der Waals surface area contributed by atoms with Gasteiger partial charge in [-0.25, -0.2) is 4.98 Å². The molecule has 166 valence electrons. The lowest BCUT2D eigenvalue weighted by Gasteiger charge is -2.39. The number of piperidine rings is 1. The summed E-state index contributed by atoms with van der Waals surface area (Å²) in [4.78, 5) is 33.5. The quantitative estimate of drug-likeness (QED) is 0.394. The molecule has 2 fully saturated rings. The van der Waals surface area contributed by atoms with Crippen molar-refractivity contribution in [3.05, 3.63) is 28.4 Å². The number of esters is 1. The van der Waals surface area contributed by atoms with E-state index in [2.05, 4.69) is 19.7 Å². The first-order valence-electron chi connectivity index (χ1n) is 10.7. The molecule has 0 bridgehead atoms. The number of rotatable bonds is 6. The molecule has 1 aromatic heterocycles. The Balaban J connectivity index is 1.37. The van der Waals surface area contributed by atoms with Crippen molar-refractivity contribution in [2.24, 2.45) is 5.92 Å². The number of hydrogen-bond acceptors (Lipinski definition) is 8. The van der Waals surface area contributed by atoms with Crippen molar-refractivity contribution in [1.82, 2.24) is 14.8 Å². The molecule has 0 N–H and O–H groups in total. The van der Waals surface area contributed by atoms with Gasteiger partial charge in [0.2, 0.25) is 0 Å². The molecule has 0 saturated carbocycles. The Bertz CT molecular complexity index is 718. The number of likely N-dealkylation sites (tertiary alicyclic amines) is 1. The maximum atomic E-state index is 12.0. The molecule has 3 rings (SSSR count). The number of hydrogen-bond donors (Lipinski definition) is 0. The number of aromatic nitrogens is 1. The summed E-state index contributed by atoms with van der Waals surface area (Å²) in [5, 5.41) is 10.8. The van der Waals surface area contributed by atoms with Crippen LogP contribution in [0, 0.1) is 16.0 Å². The molecule has 0 aromatic carbocycles. The highest BCUT2D eigenvalue weighted by molar-refractivity contribution is 5.72. The summed E-state index contributed by atoms with van der Waals surface area (Å²) < 4.78 is 5.42. The van der Waals surface area contributed by atoms with Crippen molar-refractivity contribution in [1.29, 1.82) is 0 Å². The van der Waals surface area contributed by atoms with E-state index in [0.29, 0.717) is 12.5 Å². The SMILES string of the molecule is CC(C)(C)OC(=O)CN1CCC(CN2CCN(c3ccc([N+](=O)[O-])cn3)CC2)CC1. The van der Waals surface area contributed by atoms with Gasteiger partial charge < -0.3 is 9.64 Å². The van der Waals surface area contributed by atoms with Crippen molar-refractivity contribution in [2.75, 3.05) is 57.3 Å². The fraction of sp³-hybridized carbons (Fsp3) is 0.714. The Morgan fingerprint density at radius 2 is 1.80 bits per heavy atom. The lowest BCUT2D eigenvalue weighted by molar-refractivity contribution is -0.385. The third-order valence-electron chi connectivity index (χ3n) is 5.64. The molecular weight excluding hydrogens is 386 g/mol. The van der Waals surface area contributed by atoms with Gasteiger partial charge in [-0.2, -0.15) is 0 Å². The van der Waals surface area contributed by atoms with Gasteiger partial charge >= 0.3 is 5.97 Å². The molecule has 0 unspecified atom stereocenters. The molecule has 3 heterocycles. The summed E-state index contributed by atoms with van der Waals surface area (Å²) in [5.41, 5.74) is -0.406. The Hall–Kier alpha value is -2.26. The molecule has 2 saturated heterocycles. The van der Waals surface area contributed by atoms with E-state index in [1.54, 1.807) is 6.07 Å². The second-order valence-electron chi connectivity index (χ2n) is 9.23. The highest BCUT2D eigenvalue weighted by atomic mass is 16.6. The minimum absolute atomic E-state index is 0.0235. The van der Waals surface area contributed by atoms with E-state index in [4.69, 9.17) is 4.74 Å². The monoisotopic (exact) mass is 419 g/mol. The zero-order chi connectivity index (χ0) is 21.7. The van der Waals surface area contributed by atoms with Gasteiger partial charge in [-0.1, -0.05) is 0 Å².